The Morgan fingerprint density at radius 3 is 2.68 bits per heavy atom. The molecule has 2 rings (SSSR count). The lowest BCUT2D eigenvalue weighted by Crippen LogP contribution is -2.36. The maximum absolute atomic E-state index is 12.0. The lowest BCUT2D eigenvalue weighted by atomic mass is 10.1. The Hall–Kier alpha value is -2.08. The molecule has 0 unspecified atom stereocenters. The number of aryl methyl sites for hydroxylation is 1. The van der Waals surface area contributed by atoms with Gasteiger partial charge in [0.1, 0.15) is 0 Å². The molecule has 0 spiro atoms. The minimum atomic E-state index is -0.382. The number of carbonyl (C=O) groups excluding carboxylic acids is 2. The van der Waals surface area contributed by atoms with Crippen LogP contribution in [0.4, 0.5) is 11.4 Å². The van der Waals surface area contributed by atoms with Gasteiger partial charge in [-0.1, -0.05) is 6.07 Å². The summed E-state index contributed by atoms with van der Waals surface area (Å²) in [6, 6.07) is 5.98. The maximum Gasteiger partial charge on any atom is 0.306 e. The highest BCUT2D eigenvalue weighted by atomic mass is 16.5. The van der Waals surface area contributed by atoms with Gasteiger partial charge in [0.25, 0.3) is 0 Å². The van der Waals surface area contributed by atoms with E-state index in [1.165, 1.54) is 7.11 Å². The molecular weight excluding hydrogens is 284 g/mol. The average Bonchev–Trinajstić information content (AvgIpc) is 2.53. The second kappa shape index (κ2) is 7.79. The van der Waals surface area contributed by atoms with E-state index in [2.05, 4.69) is 15.0 Å². The summed E-state index contributed by atoms with van der Waals surface area (Å²) < 4.78 is 9.91. The molecule has 6 nitrogen and oxygen atoms in total. The number of anilines is 2. The lowest BCUT2D eigenvalue weighted by Gasteiger charge is -2.30. The summed E-state index contributed by atoms with van der Waals surface area (Å²) in [4.78, 5) is 25.3. The number of carbonyl (C=O) groups is 2. The summed E-state index contributed by atoms with van der Waals surface area (Å²) in [6.07, 6.45) is 0.199. The number of rotatable bonds is 5. The van der Waals surface area contributed by atoms with Crippen LogP contribution in [0.1, 0.15) is 18.4 Å². The van der Waals surface area contributed by atoms with Gasteiger partial charge in [-0.25, -0.2) is 0 Å². The molecule has 1 aromatic carbocycles. The van der Waals surface area contributed by atoms with Crippen LogP contribution in [0.2, 0.25) is 0 Å². The minimum Gasteiger partial charge on any atom is -0.469 e. The summed E-state index contributed by atoms with van der Waals surface area (Å²) in [5.41, 5.74) is 2.83. The summed E-state index contributed by atoms with van der Waals surface area (Å²) in [6.45, 7) is 4.95. The van der Waals surface area contributed by atoms with Crippen molar-refractivity contribution in [3.8, 4) is 0 Å². The number of amides is 1. The molecule has 6 heteroatoms. The SMILES string of the molecule is COC(=O)CCC(=O)Nc1cc(C)ccc1N1CCOCC1. The Morgan fingerprint density at radius 2 is 2.00 bits per heavy atom. The standard InChI is InChI=1S/C16H22N2O4/c1-12-3-4-14(18-7-9-22-10-8-18)13(11-12)17-15(19)5-6-16(20)21-2/h3-4,11H,5-10H2,1-2H3,(H,17,19). The molecule has 0 bridgehead atoms. The molecule has 22 heavy (non-hydrogen) atoms. The van der Waals surface area contributed by atoms with Gasteiger partial charge in [-0.3, -0.25) is 9.59 Å². The second-order valence-electron chi connectivity index (χ2n) is 5.24. The summed E-state index contributed by atoms with van der Waals surface area (Å²) in [7, 11) is 1.32. The highest BCUT2D eigenvalue weighted by Gasteiger charge is 2.16. The molecule has 1 aliphatic heterocycles. The number of hydrogen-bond acceptors (Lipinski definition) is 5. The highest BCUT2D eigenvalue weighted by molar-refractivity contribution is 5.95. The van der Waals surface area contributed by atoms with Crippen molar-refractivity contribution in [2.75, 3.05) is 43.6 Å². The first kappa shape index (κ1) is 16.3. The van der Waals surface area contributed by atoms with Crippen LogP contribution in [-0.2, 0) is 19.1 Å². The van der Waals surface area contributed by atoms with Crippen molar-refractivity contribution < 1.29 is 19.1 Å². The third-order valence-corrected chi connectivity index (χ3v) is 3.56. The minimum absolute atomic E-state index is 0.0844. The van der Waals surface area contributed by atoms with Crippen LogP contribution in [0.5, 0.6) is 0 Å². The van der Waals surface area contributed by atoms with E-state index in [4.69, 9.17) is 4.74 Å². The van der Waals surface area contributed by atoms with Gasteiger partial charge in [0.15, 0.2) is 0 Å². The molecule has 0 atom stereocenters. The number of ether oxygens (including phenoxy) is 2. The van der Waals surface area contributed by atoms with E-state index in [-0.39, 0.29) is 24.7 Å². The van der Waals surface area contributed by atoms with Gasteiger partial charge in [-0.2, -0.15) is 0 Å². The number of benzene rings is 1. The van der Waals surface area contributed by atoms with Crippen LogP contribution < -0.4 is 10.2 Å². The molecule has 1 N–H and O–H groups in total. The zero-order valence-electron chi connectivity index (χ0n) is 13.1. The number of nitrogens with zero attached hydrogens (tertiary/aromatic N) is 1. The Morgan fingerprint density at radius 1 is 1.27 bits per heavy atom. The van der Waals surface area contributed by atoms with Gasteiger partial charge in [-0.05, 0) is 24.6 Å². The van der Waals surface area contributed by atoms with Crippen LogP contribution in [0.25, 0.3) is 0 Å². The molecule has 1 fully saturated rings. The molecule has 1 amide bonds. The van der Waals surface area contributed by atoms with E-state index in [0.29, 0.717) is 13.2 Å². The third kappa shape index (κ3) is 4.46. The van der Waals surface area contributed by atoms with E-state index in [0.717, 1.165) is 30.0 Å². The Kier molecular flexibility index (Phi) is 5.77. The molecule has 1 saturated heterocycles. The average molecular weight is 306 g/mol. The van der Waals surface area contributed by atoms with Gasteiger partial charge >= 0.3 is 5.97 Å². The molecule has 1 heterocycles. The smallest absolute Gasteiger partial charge is 0.306 e. The van der Waals surface area contributed by atoms with Gasteiger partial charge in [0.05, 0.1) is 38.1 Å². The number of esters is 1. The van der Waals surface area contributed by atoms with Gasteiger partial charge in [-0.15, -0.1) is 0 Å². The molecule has 1 aliphatic rings. The van der Waals surface area contributed by atoms with Crippen molar-refractivity contribution >= 4 is 23.3 Å². The lowest BCUT2D eigenvalue weighted by molar-refractivity contribution is -0.141. The van der Waals surface area contributed by atoms with Crippen molar-refractivity contribution in [1.82, 2.24) is 0 Å². The van der Waals surface area contributed by atoms with E-state index >= 15 is 0 Å². The summed E-state index contributed by atoms with van der Waals surface area (Å²) in [5, 5.41) is 2.90. The Bertz CT molecular complexity index is 539. The summed E-state index contributed by atoms with van der Waals surface area (Å²) >= 11 is 0. The van der Waals surface area contributed by atoms with Gasteiger partial charge < -0.3 is 19.7 Å². The molecule has 0 aliphatic carbocycles. The fourth-order valence-electron chi connectivity index (χ4n) is 2.36. The van der Waals surface area contributed by atoms with Crippen LogP contribution in [0.3, 0.4) is 0 Å². The largest absolute Gasteiger partial charge is 0.469 e. The number of morpholine rings is 1. The van der Waals surface area contributed by atoms with E-state index in [1.807, 2.05) is 25.1 Å². The molecule has 0 radical (unpaired) electrons. The van der Waals surface area contributed by atoms with Gasteiger partial charge in [0.2, 0.25) is 5.91 Å². The monoisotopic (exact) mass is 306 g/mol. The van der Waals surface area contributed by atoms with Crippen molar-refractivity contribution in [3.63, 3.8) is 0 Å². The van der Waals surface area contributed by atoms with Crippen molar-refractivity contribution in [3.05, 3.63) is 23.8 Å². The van der Waals surface area contributed by atoms with Crippen molar-refractivity contribution in [2.24, 2.45) is 0 Å². The first-order valence-electron chi connectivity index (χ1n) is 7.40. The fourth-order valence-corrected chi connectivity index (χ4v) is 2.36. The normalized spacial score (nSPS) is 14.5. The molecule has 120 valence electrons. The van der Waals surface area contributed by atoms with E-state index in [9.17, 15) is 9.59 Å². The van der Waals surface area contributed by atoms with Crippen LogP contribution >= 0.6 is 0 Å². The number of methoxy groups -OCH3 is 1. The predicted molar refractivity (Wildman–Crippen MR) is 84.1 cm³/mol. The fraction of sp³-hybridized carbons (Fsp3) is 0.500. The molecule has 0 aromatic heterocycles. The first-order chi connectivity index (χ1) is 10.6. The molecule has 1 aromatic rings. The molecular formula is C16H22N2O4. The first-order valence-corrected chi connectivity index (χ1v) is 7.40. The van der Waals surface area contributed by atoms with Crippen LogP contribution in [0.15, 0.2) is 18.2 Å². The van der Waals surface area contributed by atoms with Crippen LogP contribution in [-0.4, -0.2) is 45.3 Å². The molecule has 0 saturated carbocycles. The number of hydrogen-bond donors (Lipinski definition) is 1. The Balaban J connectivity index is 2.06. The zero-order valence-corrected chi connectivity index (χ0v) is 13.1. The van der Waals surface area contributed by atoms with E-state index in [1.54, 1.807) is 0 Å². The quantitative estimate of drug-likeness (QED) is 0.839. The predicted octanol–water partition coefficient (Wildman–Crippen LogP) is 1.72. The second-order valence-corrected chi connectivity index (χ2v) is 5.24. The maximum atomic E-state index is 12.0. The van der Waals surface area contributed by atoms with Crippen LogP contribution in [0, 0.1) is 6.92 Å². The van der Waals surface area contributed by atoms with Gasteiger partial charge in [0, 0.05) is 19.5 Å². The van der Waals surface area contributed by atoms with E-state index < -0.39 is 0 Å². The highest BCUT2D eigenvalue weighted by Crippen LogP contribution is 2.28. The number of nitrogens with one attached hydrogen (secondary N) is 1. The van der Waals surface area contributed by atoms with Crippen molar-refractivity contribution in [2.45, 2.75) is 19.8 Å². The Labute approximate surface area is 130 Å². The topological polar surface area (TPSA) is 67.9 Å². The third-order valence-electron chi connectivity index (χ3n) is 3.56. The summed E-state index contributed by atoms with van der Waals surface area (Å²) in [5.74, 6) is -0.571. The van der Waals surface area contributed by atoms with Crippen molar-refractivity contribution in [1.29, 1.82) is 0 Å². The zero-order chi connectivity index (χ0) is 15.9.